The summed E-state index contributed by atoms with van der Waals surface area (Å²) in [6.07, 6.45) is 2.43. The second-order valence-corrected chi connectivity index (χ2v) is 5.48. The van der Waals surface area contributed by atoms with Gasteiger partial charge in [-0.05, 0) is 34.1 Å². The fourth-order valence-electron chi connectivity index (χ4n) is 1.44. The van der Waals surface area contributed by atoms with E-state index in [9.17, 15) is 14.4 Å². The van der Waals surface area contributed by atoms with E-state index in [1.807, 2.05) is 0 Å². The normalized spacial score (nSPS) is 12.6. The van der Waals surface area contributed by atoms with E-state index in [0.29, 0.717) is 0 Å². The second-order valence-electron chi connectivity index (χ2n) is 5.48. The molecule has 0 aromatic rings. The molecule has 0 radical (unpaired) electrons. The van der Waals surface area contributed by atoms with Crippen LogP contribution in [0.2, 0.25) is 0 Å². The Hall–Kier alpha value is -2.05. The van der Waals surface area contributed by atoms with E-state index in [0.717, 1.165) is 0 Å². The van der Waals surface area contributed by atoms with Crippen molar-refractivity contribution in [3.63, 3.8) is 0 Å². The zero-order valence-corrected chi connectivity index (χ0v) is 13.8. The molecule has 0 fully saturated rings. The summed E-state index contributed by atoms with van der Waals surface area (Å²) in [5, 5.41) is 2.59. The van der Waals surface area contributed by atoms with Gasteiger partial charge >= 0.3 is 18.0 Å². The third-order valence-electron chi connectivity index (χ3n) is 2.34. The number of ether oxygens (including phenoxy) is 3. The first-order chi connectivity index (χ1) is 10.2. The Labute approximate surface area is 131 Å². The first-order valence-electron chi connectivity index (χ1n) is 7.09. The summed E-state index contributed by atoms with van der Waals surface area (Å²) >= 11 is 0. The number of esters is 2. The van der Waals surface area contributed by atoms with Crippen LogP contribution in [0.5, 0.6) is 0 Å². The topological polar surface area (TPSA) is 90.9 Å². The number of carbonyl (C=O) groups is 3. The van der Waals surface area contributed by atoms with Gasteiger partial charge in [-0.1, -0.05) is 6.08 Å². The van der Waals surface area contributed by atoms with Gasteiger partial charge in [-0.2, -0.15) is 0 Å². The summed E-state index contributed by atoms with van der Waals surface area (Å²) in [5.41, 5.74) is -0.637. The highest BCUT2D eigenvalue weighted by molar-refractivity contribution is 5.82. The molecule has 1 N–H and O–H groups in total. The van der Waals surface area contributed by atoms with Crippen molar-refractivity contribution in [1.82, 2.24) is 5.32 Å². The molecule has 22 heavy (non-hydrogen) atoms. The number of carbonyl (C=O) groups excluding carboxylic acids is 3. The van der Waals surface area contributed by atoms with E-state index in [-0.39, 0.29) is 19.4 Å². The van der Waals surface area contributed by atoms with Crippen molar-refractivity contribution >= 4 is 18.0 Å². The Morgan fingerprint density at radius 3 is 2.36 bits per heavy atom. The molecule has 0 saturated carbocycles. The average Bonchev–Trinajstić information content (AvgIpc) is 2.39. The summed E-state index contributed by atoms with van der Waals surface area (Å²) in [6.45, 7) is 7.17. The van der Waals surface area contributed by atoms with Gasteiger partial charge in [-0.25, -0.2) is 9.59 Å². The molecule has 0 aliphatic rings. The lowest BCUT2D eigenvalue weighted by Gasteiger charge is -2.22. The van der Waals surface area contributed by atoms with Crippen LogP contribution in [0.3, 0.4) is 0 Å². The van der Waals surface area contributed by atoms with Crippen LogP contribution in [-0.2, 0) is 23.8 Å². The van der Waals surface area contributed by atoms with Gasteiger partial charge in [0.2, 0.25) is 0 Å². The first-order valence-corrected chi connectivity index (χ1v) is 7.09. The summed E-state index contributed by atoms with van der Waals surface area (Å²) in [6, 6.07) is -0.543. The maximum atomic E-state index is 11.8. The molecule has 0 heterocycles. The van der Waals surface area contributed by atoms with Gasteiger partial charge in [0.05, 0.1) is 19.8 Å². The van der Waals surface area contributed by atoms with E-state index in [2.05, 4.69) is 10.1 Å². The smallest absolute Gasteiger partial charge is 0.408 e. The molecule has 126 valence electrons. The predicted octanol–water partition coefficient (Wildman–Crippen LogP) is 1.95. The standard InChI is InChI=1S/C15H25NO6/c1-6-21-13(18)10-8-11(7-9-12(17)20-5)16-14(19)22-15(2,3)4/h8,10-11H,6-7,9H2,1-5H3,(H,16,19)/b10-8+/t11-/m0/s1. The van der Waals surface area contributed by atoms with Crippen LogP contribution in [0.4, 0.5) is 4.79 Å². The fourth-order valence-corrected chi connectivity index (χ4v) is 1.44. The Bertz CT molecular complexity index is 411. The molecule has 0 bridgehead atoms. The minimum atomic E-state index is -0.637. The average molecular weight is 315 g/mol. The maximum Gasteiger partial charge on any atom is 0.408 e. The molecule has 0 rings (SSSR count). The monoisotopic (exact) mass is 315 g/mol. The second kappa shape index (κ2) is 9.81. The van der Waals surface area contributed by atoms with Crippen LogP contribution in [0, 0.1) is 0 Å². The molecule has 1 atom stereocenters. The highest BCUT2D eigenvalue weighted by Gasteiger charge is 2.19. The fraction of sp³-hybridized carbons (Fsp3) is 0.667. The van der Waals surface area contributed by atoms with Crippen LogP contribution in [0.25, 0.3) is 0 Å². The third-order valence-corrected chi connectivity index (χ3v) is 2.34. The molecular weight excluding hydrogens is 290 g/mol. The predicted molar refractivity (Wildman–Crippen MR) is 80.2 cm³/mol. The third kappa shape index (κ3) is 10.7. The minimum Gasteiger partial charge on any atom is -0.469 e. The number of methoxy groups -OCH3 is 1. The molecule has 0 spiro atoms. The number of alkyl carbamates (subject to hydrolysis) is 1. The molecule has 0 aliphatic heterocycles. The van der Waals surface area contributed by atoms with Crippen LogP contribution >= 0.6 is 0 Å². The van der Waals surface area contributed by atoms with Crippen LogP contribution in [0.1, 0.15) is 40.5 Å². The summed E-state index contributed by atoms with van der Waals surface area (Å²) in [4.78, 5) is 34.3. The molecule has 0 unspecified atom stereocenters. The van der Waals surface area contributed by atoms with Crippen molar-refractivity contribution in [1.29, 1.82) is 0 Å². The van der Waals surface area contributed by atoms with Gasteiger partial charge in [0.15, 0.2) is 0 Å². The van der Waals surface area contributed by atoms with Crippen LogP contribution in [0.15, 0.2) is 12.2 Å². The molecule has 0 aromatic carbocycles. The Balaban J connectivity index is 4.67. The molecule has 7 nitrogen and oxygen atoms in total. The van der Waals surface area contributed by atoms with Gasteiger partial charge in [-0.3, -0.25) is 4.79 Å². The van der Waals surface area contributed by atoms with Gasteiger partial charge in [-0.15, -0.1) is 0 Å². The summed E-state index contributed by atoms with van der Waals surface area (Å²) < 4.78 is 14.5. The zero-order valence-electron chi connectivity index (χ0n) is 13.8. The lowest BCUT2D eigenvalue weighted by molar-refractivity contribution is -0.140. The quantitative estimate of drug-likeness (QED) is 0.439. The molecular formula is C15H25NO6. The molecule has 1 amide bonds. The molecule has 7 heteroatoms. The molecule has 0 aliphatic carbocycles. The lowest BCUT2D eigenvalue weighted by atomic mass is 10.1. The number of hydrogen-bond acceptors (Lipinski definition) is 6. The Kier molecular flexibility index (Phi) is 8.89. The summed E-state index contributed by atoms with van der Waals surface area (Å²) in [7, 11) is 1.28. The zero-order chi connectivity index (χ0) is 17.2. The highest BCUT2D eigenvalue weighted by Crippen LogP contribution is 2.08. The summed E-state index contributed by atoms with van der Waals surface area (Å²) in [5.74, 6) is -0.919. The van der Waals surface area contributed by atoms with E-state index in [4.69, 9.17) is 9.47 Å². The van der Waals surface area contributed by atoms with Crippen molar-refractivity contribution in [2.45, 2.75) is 52.2 Å². The number of hydrogen-bond donors (Lipinski definition) is 1. The SMILES string of the molecule is CCOC(=O)/C=C/[C@H](CCC(=O)OC)NC(=O)OC(C)(C)C. The van der Waals surface area contributed by atoms with Crippen LogP contribution < -0.4 is 5.32 Å². The molecule has 0 aromatic heterocycles. The number of rotatable bonds is 7. The van der Waals surface area contributed by atoms with Gasteiger partial charge < -0.3 is 19.5 Å². The van der Waals surface area contributed by atoms with E-state index in [1.165, 1.54) is 19.3 Å². The first kappa shape index (κ1) is 19.9. The van der Waals surface area contributed by atoms with Crippen molar-refractivity contribution < 1.29 is 28.6 Å². The van der Waals surface area contributed by atoms with E-state index < -0.39 is 29.7 Å². The van der Waals surface area contributed by atoms with Crippen LogP contribution in [-0.4, -0.2) is 43.4 Å². The van der Waals surface area contributed by atoms with Crippen molar-refractivity contribution in [3.8, 4) is 0 Å². The van der Waals surface area contributed by atoms with E-state index in [1.54, 1.807) is 27.7 Å². The Morgan fingerprint density at radius 1 is 1.23 bits per heavy atom. The van der Waals surface area contributed by atoms with Gasteiger partial charge in [0, 0.05) is 12.5 Å². The van der Waals surface area contributed by atoms with Crippen molar-refractivity contribution in [3.05, 3.63) is 12.2 Å². The van der Waals surface area contributed by atoms with E-state index >= 15 is 0 Å². The largest absolute Gasteiger partial charge is 0.469 e. The van der Waals surface area contributed by atoms with Crippen molar-refractivity contribution in [2.75, 3.05) is 13.7 Å². The molecule has 0 saturated heterocycles. The van der Waals surface area contributed by atoms with Gasteiger partial charge in [0.1, 0.15) is 5.60 Å². The Morgan fingerprint density at radius 2 is 1.86 bits per heavy atom. The number of nitrogens with one attached hydrogen (secondary N) is 1. The minimum absolute atomic E-state index is 0.101. The lowest BCUT2D eigenvalue weighted by Crippen LogP contribution is -2.38. The highest BCUT2D eigenvalue weighted by atomic mass is 16.6. The maximum absolute atomic E-state index is 11.8. The van der Waals surface area contributed by atoms with Gasteiger partial charge in [0.25, 0.3) is 0 Å². The van der Waals surface area contributed by atoms with Crippen molar-refractivity contribution in [2.24, 2.45) is 0 Å². The number of amides is 1.